The van der Waals surface area contributed by atoms with Crippen molar-refractivity contribution >= 4 is 26.8 Å². The van der Waals surface area contributed by atoms with E-state index in [4.69, 9.17) is 0 Å². The fourth-order valence-electron chi connectivity index (χ4n) is 3.92. The van der Waals surface area contributed by atoms with Crippen LogP contribution in [0, 0.1) is 0 Å². The molecule has 3 aromatic rings. The summed E-state index contributed by atoms with van der Waals surface area (Å²) in [6, 6.07) is 13.9. The smallest absolute Gasteiger partial charge is 0.329 e. The van der Waals surface area contributed by atoms with Gasteiger partial charge in [-0.1, -0.05) is 24.3 Å². The first-order valence-corrected chi connectivity index (χ1v) is 12.0. The van der Waals surface area contributed by atoms with Crippen LogP contribution in [0.2, 0.25) is 0 Å². The number of aromatic amines is 1. The van der Waals surface area contributed by atoms with Crippen LogP contribution >= 0.6 is 0 Å². The molecule has 32 heavy (non-hydrogen) atoms. The second-order valence-corrected chi connectivity index (χ2v) is 9.91. The predicted octanol–water partition coefficient (Wildman–Crippen LogP) is 0.846. The fraction of sp³-hybridized carbons (Fsp3) is 0.318. The zero-order chi connectivity index (χ0) is 22.9. The minimum atomic E-state index is -3.26. The van der Waals surface area contributed by atoms with Gasteiger partial charge in [0.05, 0.1) is 23.2 Å². The zero-order valence-corrected chi connectivity index (χ0v) is 18.5. The van der Waals surface area contributed by atoms with Crippen molar-refractivity contribution in [2.75, 3.05) is 31.9 Å². The summed E-state index contributed by atoms with van der Waals surface area (Å²) in [5.74, 6) is -0.138. The summed E-state index contributed by atoms with van der Waals surface area (Å²) in [4.78, 5) is 41.5. The highest BCUT2D eigenvalue weighted by Crippen LogP contribution is 2.15. The summed E-state index contributed by atoms with van der Waals surface area (Å²) in [5, 5.41) is 0.416. The Morgan fingerprint density at radius 1 is 1.00 bits per heavy atom. The largest absolute Gasteiger partial charge is 0.336 e. The summed E-state index contributed by atoms with van der Waals surface area (Å²) >= 11 is 0. The van der Waals surface area contributed by atoms with Gasteiger partial charge < -0.3 is 4.90 Å². The van der Waals surface area contributed by atoms with E-state index in [1.165, 1.54) is 8.87 Å². The number of para-hydroxylation sites is 1. The maximum atomic E-state index is 13.0. The van der Waals surface area contributed by atoms with Crippen LogP contribution in [-0.4, -0.2) is 65.0 Å². The summed E-state index contributed by atoms with van der Waals surface area (Å²) in [5.41, 5.74) is 0.776. The highest BCUT2D eigenvalue weighted by atomic mass is 32.2. The van der Waals surface area contributed by atoms with Crippen LogP contribution in [0.1, 0.15) is 22.8 Å². The second-order valence-electron chi connectivity index (χ2n) is 7.65. The van der Waals surface area contributed by atoms with E-state index in [0.717, 1.165) is 5.56 Å². The van der Waals surface area contributed by atoms with E-state index in [-0.39, 0.29) is 31.3 Å². The summed E-state index contributed by atoms with van der Waals surface area (Å²) < 4.78 is 27.0. The number of hydrogen-bond donors (Lipinski definition) is 1. The van der Waals surface area contributed by atoms with Gasteiger partial charge in [-0.3, -0.25) is 19.1 Å². The molecule has 9 nitrogen and oxygen atoms in total. The number of benzene rings is 2. The van der Waals surface area contributed by atoms with Gasteiger partial charge in [-0.2, -0.15) is 4.31 Å². The quantitative estimate of drug-likeness (QED) is 0.612. The van der Waals surface area contributed by atoms with Gasteiger partial charge in [0.1, 0.15) is 0 Å². The van der Waals surface area contributed by atoms with Crippen LogP contribution in [0.25, 0.3) is 10.9 Å². The number of carbonyl (C=O) groups excluding carboxylic acids is 1. The topological polar surface area (TPSA) is 113 Å². The molecule has 2 heterocycles. The van der Waals surface area contributed by atoms with Crippen molar-refractivity contribution in [2.45, 2.75) is 13.5 Å². The van der Waals surface area contributed by atoms with E-state index in [9.17, 15) is 22.8 Å². The van der Waals surface area contributed by atoms with Crippen molar-refractivity contribution in [1.29, 1.82) is 0 Å². The molecular weight excluding hydrogens is 432 g/mol. The third-order valence-corrected chi connectivity index (χ3v) is 7.59. The fourth-order valence-corrected chi connectivity index (χ4v) is 5.00. The number of carbonyl (C=O) groups is 1. The van der Waals surface area contributed by atoms with Crippen LogP contribution in [0.5, 0.6) is 0 Å². The van der Waals surface area contributed by atoms with Crippen LogP contribution in [0.4, 0.5) is 0 Å². The molecule has 0 spiro atoms. The van der Waals surface area contributed by atoms with Crippen molar-refractivity contribution in [1.82, 2.24) is 18.8 Å². The van der Waals surface area contributed by atoms with Crippen molar-refractivity contribution in [3.05, 3.63) is 80.5 Å². The van der Waals surface area contributed by atoms with E-state index in [1.807, 2.05) is 6.07 Å². The molecule has 1 aliphatic heterocycles. The first-order valence-electron chi connectivity index (χ1n) is 10.4. The predicted molar refractivity (Wildman–Crippen MR) is 121 cm³/mol. The number of sulfonamides is 1. The lowest BCUT2D eigenvalue weighted by atomic mass is 10.1. The molecule has 168 valence electrons. The number of H-pyrrole nitrogens is 1. The van der Waals surface area contributed by atoms with Gasteiger partial charge in [-0.05, 0) is 36.8 Å². The van der Waals surface area contributed by atoms with Gasteiger partial charge in [0.25, 0.3) is 11.5 Å². The molecule has 1 fully saturated rings. The Labute approximate surface area is 184 Å². The third kappa shape index (κ3) is 4.23. The molecular formula is C22H24N4O5S. The lowest BCUT2D eigenvalue weighted by molar-refractivity contribution is 0.0698. The van der Waals surface area contributed by atoms with Crippen LogP contribution in [-0.2, 0) is 16.6 Å². The van der Waals surface area contributed by atoms with Gasteiger partial charge in [-0.25, -0.2) is 13.2 Å². The third-order valence-electron chi connectivity index (χ3n) is 5.70. The molecule has 0 saturated carbocycles. The first kappa shape index (κ1) is 22.0. The maximum absolute atomic E-state index is 13.0. The van der Waals surface area contributed by atoms with Crippen LogP contribution < -0.4 is 11.2 Å². The molecule has 0 aliphatic carbocycles. The molecule has 0 bridgehead atoms. The van der Waals surface area contributed by atoms with Crippen molar-refractivity contribution < 1.29 is 13.2 Å². The average molecular weight is 457 g/mol. The monoisotopic (exact) mass is 456 g/mol. The minimum absolute atomic E-state index is 0.0434. The first-order chi connectivity index (χ1) is 15.3. The van der Waals surface area contributed by atoms with Gasteiger partial charge >= 0.3 is 5.69 Å². The molecule has 0 atom stereocenters. The van der Waals surface area contributed by atoms with Gasteiger partial charge in [-0.15, -0.1) is 0 Å². The lowest BCUT2D eigenvalue weighted by Gasteiger charge is -2.33. The van der Waals surface area contributed by atoms with Crippen LogP contribution in [0.15, 0.2) is 58.1 Å². The molecule has 10 heteroatoms. The van der Waals surface area contributed by atoms with Gasteiger partial charge in [0.2, 0.25) is 10.0 Å². The second kappa shape index (κ2) is 8.71. The van der Waals surface area contributed by atoms with Gasteiger partial charge in [0, 0.05) is 31.7 Å². The van der Waals surface area contributed by atoms with Crippen LogP contribution in [0.3, 0.4) is 0 Å². The summed E-state index contributed by atoms with van der Waals surface area (Å²) in [7, 11) is -3.26. The molecule has 1 N–H and O–H groups in total. The molecule has 1 amide bonds. The molecule has 4 rings (SSSR count). The number of amides is 1. The van der Waals surface area contributed by atoms with E-state index < -0.39 is 21.3 Å². The highest BCUT2D eigenvalue weighted by Gasteiger charge is 2.28. The molecule has 0 unspecified atom stereocenters. The van der Waals surface area contributed by atoms with E-state index in [2.05, 4.69) is 4.98 Å². The number of nitrogens with one attached hydrogen (secondary N) is 1. The van der Waals surface area contributed by atoms with E-state index in [0.29, 0.717) is 29.6 Å². The zero-order valence-electron chi connectivity index (χ0n) is 17.7. The molecule has 1 saturated heterocycles. The standard InChI is InChI=1S/C22H24N4O5S/c1-2-32(30,31)25-12-10-24(11-13-25)21(28)17-7-5-6-16(14-17)15-26-19-9-4-3-8-18(19)20(27)23-22(26)29/h3-9,14H,2,10-13,15H2,1H3,(H,23,27,29). The maximum Gasteiger partial charge on any atom is 0.329 e. The Kier molecular flexibility index (Phi) is 5.98. The number of hydrogen-bond acceptors (Lipinski definition) is 5. The number of piperazine rings is 1. The number of aromatic nitrogens is 2. The van der Waals surface area contributed by atoms with E-state index in [1.54, 1.807) is 54.3 Å². The molecule has 1 aromatic heterocycles. The highest BCUT2D eigenvalue weighted by molar-refractivity contribution is 7.89. The lowest BCUT2D eigenvalue weighted by Crippen LogP contribution is -2.50. The summed E-state index contributed by atoms with van der Waals surface area (Å²) in [6.07, 6.45) is 0. The Hall–Kier alpha value is -3.24. The average Bonchev–Trinajstić information content (AvgIpc) is 2.81. The molecule has 1 aliphatic rings. The molecule has 0 radical (unpaired) electrons. The number of rotatable bonds is 5. The van der Waals surface area contributed by atoms with Crippen molar-refractivity contribution in [3.8, 4) is 0 Å². The van der Waals surface area contributed by atoms with Crippen molar-refractivity contribution in [3.63, 3.8) is 0 Å². The Morgan fingerprint density at radius 2 is 1.72 bits per heavy atom. The Bertz CT molecular complexity index is 1390. The van der Waals surface area contributed by atoms with Gasteiger partial charge in [0.15, 0.2) is 0 Å². The normalized spacial score (nSPS) is 15.2. The van der Waals surface area contributed by atoms with Crippen molar-refractivity contribution in [2.24, 2.45) is 0 Å². The number of fused-ring (bicyclic) bond motifs is 1. The Balaban J connectivity index is 1.56. The minimum Gasteiger partial charge on any atom is -0.336 e. The van der Waals surface area contributed by atoms with E-state index >= 15 is 0 Å². The number of nitrogens with zero attached hydrogens (tertiary/aromatic N) is 3. The molecule has 2 aromatic carbocycles. The Morgan fingerprint density at radius 3 is 2.44 bits per heavy atom. The summed E-state index contributed by atoms with van der Waals surface area (Å²) in [6.45, 7) is 3.01. The SMILES string of the molecule is CCS(=O)(=O)N1CCN(C(=O)c2cccc(Cn3c(=O)[nH]c(=O)c4ccccc43)c2)CC1.